The minimum absolute atomic E-state index is 0.406. The summed E-state index contributed by atoms with van der Waals surface area (Å²) in [4.78, 5) is 8.28. The van der Waals surface area contributed by atoms with Crippen molar-refractivity contribution in [3.8, 4) is 5.88 Å². The first kappa shape index (κ1) is 13.3. The number of aromatic nitrogens is 2. The molecule has 4 nitrogen and oxygen atoms in total. The van der Waals surface area contributed by atoms with Crippen molar-refractivity contribution in [1.29, 1.82) is 0 Å². The van der Waals surface area contributed by atoms with Gasteiger partial charge in [-0.2, -0.15) is 0 Å². The van der Waals surface area contributed by atoms with Crippen LogP contribution in [0.3, 0.4) is 0 Å². The molecular weight excluding hydrogens is 318 g/mol. The Morgan fingerprint density at radius 2 is 2.06 bits per heavy atom. The lowest BCUT2D eigenvalue weighted by molar-refractivity contribution is 0.387. The summed E-state index contributed by atoms with van der Waals surface area (Å²) in [5, 5.41) is 0.574. The van der Waals surface area contributed by atoms with E-state index in [1.54, 1.807) is 18.5 Å². The van der Waals surface area contributed by atoms with Crippen LogP contribution in [0.5, 0.6) is 5.88 Å². The van der Waals surface area contributed by atoms with Gasteiger partial charge >= 0.3 is 0 Å². The van der Waals surface area contributed by atoms with E-state index >= 15 is 0 Å². The average molecular weight is 329 g/mol. The molecule has 0 saturated heterocycles. The van der Waals surface area contributed by atoms with Crippen molar-refractivity contribution in [1.82, 2.24) is 9.97 Å². The number of benzene rings is 1. The molecule has 2 N–H and O–H groups in total. The van der Waals surface area contributed by atoms with E-state index in [9.17, 15) is 0 Å². The second kappa shape index (κ2) is 5.65. The predicted molar refractivity (Wildman–Crippen MR) is 73.8 cm³/mol. The van der Waals surface area contributed by atoms with Crippen LogP contribution >= 0.6 is 27.5 Å². The third-order valence-corrected chi connectivity index (χ3v) is 3.30. The van der Waals surface area contributed by atoms with Crippen molar-refractivity contribution < 1.29 is 4.74 Å². The number of hydrogen-bond acceptors (Lipinski definition) is 4. The lowest BCUT2D eigenvalue weighted by Crippen LogP contribution is -2.15. The highest BCUT2D eigenvalue weighted by Crippen LogP contribution is 2.30. The van der Waals surface area contributed by atoms with Gasteiger partial charge in [-0.05, 0) is 17.7 Å². The van der Waals surface area contributed by atoms with Crippen molar-refractivity contribution in [2.24, 2.45) is 5.73 Å². The summed E-state index contributed by atoms with van der Waals surface area (Å²) in [5.41, 5.74) is 7.50. The number of hydrogen-bond donors (Lipinski definition) is 1. The van der Waals surface area contributed by atoms with Gasteiger partial charge < -0.3 is 10.5 Å². The van der Waals surface area contributed by atoms with Crippen LogP contribution in [0.25, 0.3) is 0 Å². The SMILES string of the molecule is COc1nccnc1C(N)c1ccc(Br)cc1Cl. The van der Waals surface area contributed by atoms with Gasteiger partial charge in [0.1, 0.15) is 5.69 Å². The highest BCUT2D eigenvalue weighted by molar-refractivity contribution is 9.10. The van der Waals surface area contributed by atoms with Crippen LogP contribution in [0.1, 0.15) is 17.3 Å². The van der Waals surface area contributed by atoms with E-state index < -0.39 is 6.04 Å². The zero-order valence-corrected chi connectivity index (χ0v) is 11.9. The predicted octanol–water partition coefficient (Wildman–Crippen LogP) is 2.95. The monoisotopic (exact) mass is 327 g/mol. The maximum absolute atomic E-state index is 6.17. The normalized spacial score (nSPS) is 12.2. The summed E-state index contributed by atoms with van der Waals surface area (Å²) in [6, 6.07) is 5.04. The topological polar surface area (TPSA) is 61.0 Å². The molecule has 2 rings (SSSR count). The average Bonchev–Trinajstić information content (AvgIpc) is 2.38. The first-order valence-corrected chi connectivity index (χ1v) is 6.36. The van der Waals surface area contributed by atoms with Crippen LogP contribution in [0.2, 0.25) is 5.02 Å². The van der Waals surface area contributed by atoms with Crippen LogP contribution in [0.15, 0.2) is 35.1 Å². The fourth-order valence-corrected chi connectivity index (χ4v) is 2.40. The van der Waals surface area contributed by atoms with Crippen LogP contribution in [0, 0.1) is 0 Å². The zero-order valence-electron chi connectivity index (χ0n) is 9.60. The number of nitrogens with zero attached hydrogens (tertiary/aromatic N) is 2. The standard InChI is InChI=1S/C12H11BrClN3O/c1-18-12-11(16-4-5-17-12)10(15)8-3-2-7(13)6-9(8)14/h2-6,10H,15H2,1H3. The molecule has 1 aromatic carbocycles. The van der Waals surface area contributed by atoms with Crippen molar-refractivity contribution in [3.63, 3.8) is 0 Å². The summed E-state index contributed by atoms with van der Waals surface area (Å²) in [5.74, 6) is 0.406. The molecule has 2 aromatic rings. The van der Waals surface area contributed by atoms with Gasteiger partial charge in [0.2, 0.25) is 5.88 Å². The quantitative estimate of drug-likeness (QED) is 0.941. The molecule has 0 fully saturated rings. The molecule has 0 aliphatic rings. The van der Waals surface area contributed by atoms with Crippen molar-refractivity contribution in [2.45, 2.75) is 6.04 Å². The number of rotatable bonds is 3. The highest BCUT2D eigenvalue weighted by Gasteiger charge is 2.18. The summed E-state index contributed by atoms with van der Waals surface area (Å²) in [6.07, 6.45) is 3.13. The van der Waals surface area contributed by atoms with Gasteiger partial charge in [0.05, 0.1) is 13.2 Å². The summed E-state index contributed by atoms with van der Waals surface area (Å²) >= 11 is 9.52. The Labute approximate surface area is 118 Å². The van der Waals surface area contributed by atoms with Crippen molar-refractivity contribution in [3.05, 3.63) is 51.3 Å². The molecule has 94 valence electrons. The molecule has 0 aliphatic heterocycles. The van der Waals surface area contributed by atoms with Gasteiger partial charge in [-0.3, -0.25) is 4.98 Å². The van der Waals surface area contributed by atoms with E-state index in [1.165, 1.54) is 7.11 Å². The molecule has 0 saturated carbocycles. The van der Waals surface area contributed by atoms with Gasteiger partial charge in [0.25, 0.3) is 0 Å². The van der Waals surface area contributed by atoms with E-state index in [4.69, 9.17) is 22.1 Å². The van der Waals surface area contributed by atoms with E-state index in [0.29, 0.717) is 16.6 Å². The van der Waals surface area contributed by atoms with Gasteiger partial charge in [-0.1, -0.05) is 33.6 Å². The van der Waals surface area contributed by atoms with Gasteiger partial charge in [-0.25, -0.2) is 4.98 Å². The number of halogens is 2. The van der Waals surface area contributed by atoms with Crippen LogP contribution in [-0.4, -0.2) is 17.1 Å². The Kier molecular flexibility index (Phi) is 4.16. The number of nitrogens with two attached hydrogens (primary N) is 1. The van der Waals surface area contributed by atoms with E-state index in [1.807, 2.05) is 12.1 Å². The van der Waals surface area contributed by atoms with Gasteiger partial charge in [0.15, 0.2) is 0 Å². The Morgan fingerprint density at radius 1 is 1.33 bits per heavy atom. The molecule has 0 radical (unpaired) electrons. The minimum atomic E-state index is -0.478. The van der Waals surface area contributed by atoms with E-state index in [-0.39, 0.29) is 0 Å². The Morgan fingerprint density at radius 3 is 2.72 bits per heavy atom. The fraction of sp³-hybridized carbons (Fsp3) is 0.167. The smallest absolute Gasteiger partial charge is 0.237 e. The van der Waals surface area contributed by atoms with Crippen LogP contribution in [-0.2, 0) is 0 Å². The molecular formula is C12H11BrClN3O. The lowest BCUT2D eigenvalue weighted by atomic mass is 10.0. The third-order valence-electron chi connectivity index (χ3n) is 2.48. The minimum Gasteiger partial charge on any atom is -0.480 e. The van der Waals surface area contributed by atoms with Crippen molar-refractivity contribution >= 4 is 27.5 Å². The van der Waals surface area contributed by atoms with Gasteiger partial charge in [0, 0.05) is 21.9 Å². The molecule has 0 aliphatic carbocycles. The van der Waals surface area contributed by atoms with Crippen molar-refractivity contribution in [2.75, 3.05) is 7.11 Å². The Bertz CT molecular complexity index is 565. The molecule has 1 unspecified atom stereocenters. The highest BCUT2D eigenvalue weighted by atomic mass is 79.9. The second-order valence-electron chi connectivity index (χ2n) is 3.59. The number of ether oxygens (including phenoxy) is 1. The Hall–Kier alpha value is -1.17. The molecule has 6 heteroatoms. The zero-order chi connectivity index (χ0) is 13.1. The first-order valence-electron chi connectivity index (χ1n) is 5.19. The maximum Gasteiger partial charge on any atom is 0.237 e. The summed E-state index contributed by atoms with van der Waals surface area (Å²) in [6.45, 7) is 0. The van der Waals surface area contributed by atoms with E-state index in [0.717, 1.165) is 10.0 Å². The molecule has 1 aromatic heterocycles. The Balaban J connectivity index is 2.44. The molecule has 1 atom stereocenters. The molecule has 18 heavy (non-hydrogen) atoms. The molecule has 0 bridgehead atoms. The lowest BCUT2D eigenvalue weighted by Gasteiger charge is -2.15. The first-order chi connectivity index (χ1) is 8.63. The molecule has 0 amide bonds. The van der Waals surface area contributed by atoms with Crippen LogP contribution in [0.4, 0.5) is 0 Å². The molecule has 1 heterocycles. The largest absolute Gasteiger partial charge is 0.480 e. The summed E-state index contributed by atoms with van der Waals surface area (Å²) < 4.78 is 6.04. The summed E-state index contributed by atoms with van der Waals surface area (Å²) in [7, 11) is 1.53. The second-order valence-corrected chi connectivity index (χ2v) is 4.92. The van der Waals surface area contributed by atoms with Gasteiger partial charge in [-0.15, -0.1) is 0 Å². The molecule has 0 spiro atoms. The van der Waals surface area contributed by atoms with E-state index in [2.05, 4.69) is 25.9 Å². The maximum atomic E-state index is 6.17. The third kappa shape index (κ3) is 2.63. The van der Waals surface area contributed by atoms with Crippen LogP contribution < -0.4 is 10.5 Å². The number of methoxy groups -OCH3 is 1. The fourth-order valence-electron chi connectivity index (χ4n) is 1.61.